The van der Waals surface area contributed by atoms with Gasteiger partial charge in [0.05, 0.1) is 11.0 Å². The van der Waals surface area contributed by atoms with E-state index in [1.54, 1.807) is 12.4 Å². The number of carbonyl (C=O) groups is 1. The zero-order chi connectivity index (χ0) is 18.1. The van der Waals surface area contributed by atoms with Gasteiger partial charge in [-0.25, -0.2) is 0 Å². The molecule has 1 fully saturated rings. The Balaban J connectivity index is 1.51. The van der Waals surface area contributed by atoms with Gasteiger partial charge in [-0.2, -0.15) is 0 Å². The molecule has 132 valence electrons. The van der Waals surface area contributed by atoms with Gasteiger partial charge in [-0.1, -0.05) is 12.1 Å². The fraction of sp³-hybridized carbons (Fsp3) is 0.286. The number of fused-ring (bicyclic) bond motifs is 1. The Morgan fingerprint density at radius 2 is 1.85 bits per heavy atom. The van der Waals surface area contributed by atoms with E-state index in [9.17, 15) is 4.79 Å². The molecule has 2 heterocycles. The summed E-state index contributed by atoms with van der Waals surface area (Å²) in [5.41, 5.74) is 4.72. The summed E-state index contributed by atoms with van der Waals surface area (Å²) in [5.74, 6) is 0.0632. The van der Waals surface area contributed by atoms with Crippen molar-refractivity contribution >= 4 is 22.6 Å². The van der Waals surface area contributed by atoms with Crippen LogP contribution in [0.3, 0.4) is 0 Å². The predicted octanol–water partition coefficient (Wildman–Crippen LogP) is 3.29. The smallest absolute Gasteiger partial charge is 0.254 e. The summed E-state index contributed by atoms with van der Waals surface area (Å²) < 4.78 is 0. The van der Waals surface area contributed by atoms with Crippen LogP contribution in [0.1, 0.15) is 22.8 Å². The number of piperazine rings is 1. The average molecular weight is 346 g/mol. The minimum atomic E-state index is 0.0632. The molecule has 0 saturated carbocycles. The lowest BCUT2D eigenvalue weighted by Crippen LogP contribution is -2.53. The zero-order valence-corrected chi connectivity index (χ0v) is 15.1. The summed E-state index contributed by atoms with van der Waals surface area (Å²) >= 11 is 0. The van der Waals surface area contributed by atoms with Crippen LogP contribution in [-0.2, 0) is 0 Å². The highest BCUT2D eigenvalue weighted by Gasteiger charge is 2.27. The molecule has 0 aliphatic carbocycles. The molecule has 4 rings (SSSR count). The van der Waals surface area contributed by atoms with Crippen LogP contribution in [0.25, 0.3) is 11.0 Å². The van der Waals surface area contributed by atoms with Crippen molar-refractivity contribution in [2.45, 2.75) is 19.9 Å². The molecular weight excluding hydrogens is 324 g/mol. The number of nitrogens with zero attached hydrogens (tertiary/aromatic N) is 4. The molecule has 0 radical (unpaired) electrons. The lowest BCUT2D eigenvalue weighted by Gasteiger charge is -2.41. The Hall–Kier alpha value is -2.95. The van der Waals surface area contributed by atoms with E-state index in [0.29, 0.717) is 12.1 Å². The Kier molecular flexibility index (Phi) is 4.29. The van der Waals surface area contributed by atoms with Crippen LogP contribution in [-0.4, -0.2) is 46.5 Å². The number of hydrogen-bond acceptors (Lipinski definition) is 4. The van der Waals surface area contributed by atoms with Crippen LogP contribution >= 0.6 is 0 Å². The SMILES string of the molecule is Cc1cccc(N2CCN(C(=O)c3ccc4nccnc4c3)C[C@@H]2C)c1. The third-order valence-electron chi connectivity index (χ3n) is 4.96. The molecule has 3 aromatic rings. The zero-order valence-electron chi connectivity index (χ0n) is 15.1. The lowest BCUT2D eigenvalue weighted by atomic mass is 10.1. The number of aromatic nitrogens is 2. The van der Waals surface area contributed by atoms with Gasteiger partial charge in [-0.05, 0) is 49.7 Å². The highest BCUT2D eigenvalue weighted by Crippen LogP contribution is 2.23. The maximum absolute atomic E-state index is 12.9. The van der Waals surface area contributed by atoms with Crippen molar-refractivity contribution in [2.24, 2.45) is 0 Å². The summed E-state index contributed by atoms with van der Waals surface area (Å²) in [4.78, 5) is 25.8. The van der Waals surface area contributed by atoms with E-state index in [-0.39, 0.29) is 11.9 Å². The van der Waals surface area contributed by atoms with E-state index in [1.807, 2.05) is 23.1 Å². The summed E-state index contributed by atoms with van der Waals surface area (Å²) in [7, 11) is 0. The Morgan fingerprint density at radius 3 is 2.62 bits per heavy atom. The first kappa shape index (κ1) is 16.5. The van der Waals surface area contributed by atoms with Crippen LogP contribution in [0, 0.1) is 6.92 Å². The monoisotopic (exact) mass is 346 g/mol. The van der Waals surface area contributed by atoms with E-state index in [2.05, 4.69) is 53.0 Å². The lowest BCUT2D eigenvalue weighted by molar-refractivity contribution is 0.0726. The first-order chi connectivity index (χ1) is 12.6. The summed E-state index contributed by atoms with van der Waals surface area (Å²) in [5, 5.41) is 0. The van der Waals surface area contributed by atoms with Crippen LogP contribution < -0.4 is 4.90 Å². The first-order valence-corrected chi connectivity index (χ1v) is 8.95. The van der Waals surface area contributed by atoms with Crippen molar-refractivity contribution in [2.75, 3.05) is 24.5 Å². The normalized spacial score (nSPS) is 17.5. The number of anilines is 1. The predicted molar refractivity (Wildman–Crippen MR) is 103 cm³/mol. The van der Waals surface area contributed by atoms with Gasteiger partial charge in [0.15, 0.2) is 0 Å². The van der Waals surface area contributed by atoms with E-state index < -0.39 is 0 Å². The minimum absolute atomic E-state index is 0.0632. The van der Waals surface area contributed by atoms with Gasteiger partial charge in [0.25, 0.3) is 5.91 Å². The van der Waals surface area contributed by atoms with Gasteiger partial charge in [0.2, 0.25) is 0 Å². The third kappa shape index (κ3) is 3.12. The van der Waals surface area contributed by atoms with Crippen molar-refractivity contribution in [1.82, 2.24) is 14.9 Å². The second kappa shape index (κ2) is 6.75. The summed E-state index contributed by atoms with van der Waals surface area (Å²) in [6.07, 6.45) is 3.31. The van der Waals surface area contributed by atoms with Crippen LogP contribution in [0.15, 0.2) is 54.9 Å². The Bertz CT molecular complexity index is 955. The quantitative estimate of drug-likeness (QED) is 0.714. The topological polar surface area (TPSA) is 49.3 Å². The highest BCUT2D eigenvalue weighted by molar-refractivity contribution is 5.97. The number of rotatable bonds is 2. The van der Waals surface area contributed by atoms with Crippen molar-refractivity contribution in [3.8, 4) is 0 Å². The van der Waals surface area contributed by atoms with Gasteiger partial charge < -0.3 is 9.80 Å². The molecule has 1 aliphatic rings. The van der Waals surface area contributed by atoms with E-state index in [4.69, 9.17) is 0 Å². The summed E-state index contributed by atoms with van der Waals surface area (Å²) in [6, 6.07) is 14.4. The van der Waals surface area contributed by atoms with Gasteiger partial charge >= 0.3 is 0 Å². The standard InChI is InChI=1S/C21H22N4O/c1-15-4-3-5-18(12-15)25-11-10-24(14-16(25)2)21(26)17-6-7-19-20(13-17)23-9-8-22-19/h3-9,12-13,16H,10-11,14H2,1-2H3/t16-/m0/s1. The third-order valence-corrected chi connectivity index (χ3v) is 4.96. The second-order valence-corrected chi connectivity index (χ2v) is 6.89. The summed E-state index contributed by atoms with van der Waals surface area (Å²) in [6.45, 7) is 6.55. The van der Waals surface area contributed by atoms with Crippen molar-refractivity contribution < 1.29 is 4.79 Å². The fourth-order valence-corrected chi connectivity index (χ4v) is 3.61. The minimum Gasteiger partial charge on any atom is -0.365 e. The fourth-order valence-electron chi connectivity index (χ4n) is 3.61. The van der Waals surface area contributed by atoms with Crippen molar-refractivity contribution in [3.05, 3.63) is 66.0 Å². The molecule has 2 aromatic carbocycles. The largest absolute Gasteiger partial charge is 0.365 e. The van der Waals surface area contributed by atoms with Crippen molar-refractivity contribution in [1.29, 1.82) is 0 Å². The molecule has 5 heteroatoms. The van der Waals surface area contributed by atoms with Crippen LogP contribution in [0.4, 0.5) is 5.69 Å². The maximum Gasteiger partial charge on any atom is 0.254 e. The number of benzene rings is 2. The van der Waals surface area contributed by atoms with Gasteiger partial charge in [0.1, 0.15) is 0 Å². The molecule has 0 bridgehead atoms. The molecule has 1 aliphatic heterocycles. The number of amides is 1. The molecule has 5 nitrogen and oxygen atoms in total. The Morgan fingerprint density at radius 1 is 1.04 bits per heavy atom. The molecule has 0 spiro atoms. The molecule has 0 unspecified atom stereocenters. The number of carbonyl (C=O) groups excluding carboxylic acids is 1. The van der Waals surface area contributed by atoms with Crippen molar-refractivity contribution in [3.63, 3.8) is 0 Å². The van der Waals surface area contributed by atoms with Gasteiger partial charge in [-0.15, -0.1) is 0 Å². The van der Waals surface area contributed by atoms with Crippen LogP contribution in [0.5, 0.6) is 0 Å². The van der Waals surface area contributed by atoms with Gasteiger partial charge in [0, 0.05) is 49.3 Å². The highest BCUT2D eigenvalue weighted by atomic mass is 16.2. The molecular formula is C21H22N4O. The van der Waals surface area contributed by atoms with Gasteiger partial charge in [-0.3, -0.25) is 14.8 Å². The molecule has 1 atom stereocenters. The first-order valence-electron chi connectivity index (χ1n) is 8.95. The van der Waals surface area contributed by atoms with E-state index >= 15 is 0 Å². The average Bonchev–Trinajstić information content (AvgIpc) is 2.67. The number of aryl methyl sites for hydroxylation is 1. The van der Waals surface area contributed by atoms with Crippen LogP contribution in [0.2, 0.25) is 0 Å². The molecule has 1 amide bonds. The second-order valence-electron chi connectivity index (χ2n) is 6.89. The molecule has 26 heavy (non-hydrogen) atoms. The van der Waals surface area contributed by atoms with E-state index in [0.717, 1.165) is 24.1 Å². The molecule has 1 aromatic heterocycles. The number of hydrogen-bond donors (Lipinski definition) is 0. The molecule has 0 N–H and O–H groups in total. The van der Waals surface area contributed by atoms with E-state index in [1.165, 1.54) is 11.3 Å². The maximum atomic E-state index is 12.9. The molecule has 1 saturated heterocycles. The Labute approximate surface area is 153 Å².